The molecule has 1 aliphatic rings. The maximum Gasteiger partial charge on any atom is 0.253 e. The van der Waals surface area contributed by atoms with E-state index in [0.29, 0.717) is 40.3 Å². The van der Waals surface area contributed by atoms with Gasteiger partial charge in [-0.1, -0.05) is 11.6 Å². The van der Waals surface area contributed by atoms with Crippen LogP contribution in [0.2, 0.25) is 5.02 Å². The van der Waals surface area contributed by atoms with Crippen LogP contribution in [0, 0.1) is 5.92 Å². The number of ether oxygens (including phenoxy) is 2. The van der Waals surface area contributed by atoms with E-state index in [1.807, 2.05) is 23.6 Å². The van der Waals surface area contributed by atoms with Gasteiger partial charge in [0.2, 0.25) is 5.91 Å². The summed E-state index contributed by atoms with van der Waals surface area (Å²) in [5.41, 5.74) is 2.17. The molecule has 172 valence electrons. The van der Waals surface area contributed by atoms with Crippen LogP contribution in [-0.4, -0.2) is 49.0 Å². The predicted molar refractivity (Wildman–Crippen MR) is 129 cm³/mol. The third-order valence-electron chi connectivity index (χ3n) is 5.58. The molecule has 1 atom stereocenters. The second-order valence-corrected chi connectivity index (χ2v) is 8.99. The van der Waals surface area contributed by atoms with Gasteiger partial charge in [0.25, 0.3) is 5.91 Å². The summed E-state index contributed by atoms with van der Waals surface area (Å²) in [6.45, 7) is 1.01. The van der Waals surface area contributed by atoms with Crippen LogP contribution in [0.4, 0.5) is 5.13 Å². The average molecular weight is 486 g/mol. The number of amides is 2. The molecular formula is C24H24ClN3O4S. The maximum absolute atomic E-state index is 12.9. The van der Waals surface area contributed by atoms with E-state index in [4.69, 9.17) is 21.1 Å². The number of piperidine rings is 1. The Morgan fingerprint density at radius 3 is 2.61 bits per heavy atom. The molecule has 1 saturated heterocycles. The third-order valence-corrected chi connectivity index (χ3v) is 6.59. The van der Waals surface area contributed by atoms with Crippen LogP contribution in [-0.2, 0) is 4.79 Å². The molecule has 3 aromatic rings. The molecule has 0 radical (unpaired) electrons. The normalized spacial score (nSPS) is 15.7. The van der Waals surface area contributed by atoms with Gasteiger partial charge < -0.3 is 19.7 Å². The summed E-state index contributed by atoms with van der Waals surface area (Å²) >= 11 is 7.28. The largest absolute Gasteiger partial charge is 0.493 e. The Balaban J connectivity index is 1.41. The lowest BCUT2D eigenvalue weighted by Gasteiger charge is -2.32. The number of anilines is 1. The minimum Gasteiger partial charge on any atom is -0.493 e. The van der Waals surface area contributed by atoms with Crippen molar-refractivity contribution in [1.82, 2.24) is 9.88 Å². The first-order valence-corrected chi connectivity index (χ1v) is 11.8. The molecule has 0 spiro atoms. The van der Waals surface area contributed by atoms with Crippen LogP contribution in [0.5, 0.6) is 11.5 Å². The number of halogens is 1. The SMILES string of the molecule is COc1ccc(-c2csc(NC(=O)[C@H]3CCCN(C(=O)c4ccc(Cl)cc4)C3)n2)cc1OC. The molecule has 4 rings (SSSR count). The lowest BCUT2D eigenvalue weighted by Crippen LogP contribution is -2.43. The quantitative estimate of drug-likeness (QED) is 0.533. The zero-order chi connectivity index (χ0) is 23.4. The summed E-state index contributed by atoms with van der Waals surface area (Å²) in [6.07, 6.45) is 1.50. The summed E-state index contributed by atoms with van der Waals surface area (Å²) in [6, 6.07) is 12.4. The molecule has 0 bridgehead atoms. The Bertz CT molecular complexity index is 1150. The molecule has 2 heterocycles. The van der Waals surface area contributed by atoms with Crippen molar-refractivity contribution in [1.29, 1.82) is 0 Å². The number of carbonyl (C=O) groups is 2. The molecule has 2 aromatic carbocycles. The van der Waals surface area contributed by atoms with Gasteiger partial charge in [0.05, 0.1) is 25.8 Å². The molecule has 0 saturated carbocycles. The molecule has 1 aromatic heterocycles. The molecule has 2 amide bonds. The van der Waals surface area contributed by atoms with Gasteiger partial charge in [0, 0.05) is 34.6 Å². The predicted octanol–water partition coefficient (Wildman–Crippen LogP) is 4.97. The van der Waals surface area contributed by atoms with Crippen LogP contribution in [0.25, 0.3) is 11.3 Å². The summed E-state index contributed by atoms with van der Waals surface area (Å²) in [5, 5.41) is 5.90. The number of hydrogen-bond acceptors (Lipinski definition) is 6. The first-order valence-electron chi connectivity index (χ1n) is 10.5. The molecule has 1 N–H and O–H groups in total. The smallest absolute Gasteiger partial charge is 0.253 e. The highest BCUT2D eigenvalue weighted by atomic mass is 35.5. The topological polar surface area (TPSA) is 80.8 Å². The van der Waals surface area contributed by atoms with E-state index in [0.717, 1.165) is 24.1 Å². The van der Waals surface area contributed by atoms with Crippen molar-refractivity contribution in [3.05, 3.63) is 58.4 Å². The summed E-state index contributed by atoms with van der Waals surface area (Å²) in [7, 11) is 3.17. The summed E-state index contributed by atoms with van der Waals surface area (Å²) < 4.78 is 10.6. The van der Waals surface area contributed by atoms with Gasteiger partial charge in [0.1, 0.15) is 0 Å². The van der Waals surface area contributed by atoms with Gasteiger partial charge in [-0.25, -0.2) is 4.98 Å². The van der Waals surface area contributed by atoms with Crippen molar-refractivity contribution in [2.45, 2.75) is 12.8 Å². The number of likely N-dealkylation sites (tertiary alicyclic amines) is 1. The van der Waals surface area contributed by atoms with Crippen LogP contribution in [0.3, 0.4) is 0 Å². The van der Waals surface area contributed by atoms with E-state index in [2.05, 4.69) is 10.3 Å². The van der Waals surface area contributed by atoms with Crippen LogP contribution in [0.1, 0.15) is 23.2 Å². The first kappa shape index (κ1) is 23.1. The standard InChI is InChI=1S/C24H24ClN3O4S/c1-31-20-10-7-16(12-21(20)32-2)19-14-33-24(26-19)27-22(29)17-4-3-11-28(13-17)23(30)15-5-8-18(25)9-6-15/h5-10,12,14,17H,3-4,11,13H2,1-2H3,(H,26,27,29)/t17-/m0/s1. The van der Waals surface area contributed by atoms with E-state index >= 15 is 0 Å². The molecule has 9 heteroatoms. The van der Waals surface area contributed by atoms with Gasteiger partial charge in [-0.05, 0) is 55.3 Å². The van der Waals surface area contributed by atoms with Crippen molar-refractivity contribution in [2.24, 2.45) is 5.92 Å². The van der Waals surface area contributed by atoms with Gasteiger partial charge >= 0.3 is 0 Å². The Hall–Kier alpha value is -3.10. The highest BCUT2D eigenvalue weighted by Crippen LogP contribution is 2.33. The van der Waals surface area contributed by atoms with E-state index in [-0.39, 0.29) is 17.7 Å². The Morgan fingerprint density at radius 1 is 1.12 bits per heavy atom. The lowest BCUT2D eigenvalue weighted by molar-refractivity contribution is -0.121. The van der Waals surface area contributed by atoms with Crippen molar-refractivity contribution < 1.29 is 19.1 Å². The average Bonchev–Trinajstić information content (AvgIpc) is 3.32. The highest BCUT2D eigenvalue weighted by molar-refractivity contribution is 7.14. The fourth-order valence-corrected chi connectivity index (χ4v) is 4.67. The molecular weight excluding hydrogens is 462 g/mol. The summed E-state index contributed by atoms with van der Waals surface area (Å²) in [5.74, 6) is 0.746. The molecule has 0 unspecified atom stereocenters. The third kappa shape index (κ3) is 5.29. The first-order chi connectivity index (χ1) is 16.0. The van der Waals surface area contributed by atoms with Gasteiger partial charge in [-0.3, -0.25) is 9.59 Å². The number of hydrogen-bond donors (Lipinski definition) is 1. The highest BCUT2D eigenvalue weighted by Gasteiger charge is 2.29. The Kier molecular flexibility index (Phi) is 7.15. The van der Waals surface area contributed by atoms with E-state index in [1.165, 1.54) is 11.3 Å². The molecule has 33 heavy (non-hydrogen) atoms. The van der Waals surface area contributed by atoms with Gasteiger partial charge in [-0.2, -0.15) is 0 Å². The fraction of sp³-hybridized carbons (Fsp3) is 0.292. The van der Waals surface area contributed by atoms with Crippen molar-refractivity contribution in [2.75, 3.05) is 32.6 Å². The monoisotopic (exact) mass is 485 g/mol. The van der Waals surface area contributed by atoms with E-state index in [9.17, 15) is 9.59 Å². The van der Waals surface area contributed by atoms with Gasteiger partial charge in [0.15, 0.2) is 16.6 Å². The Labute approximate surface area is 201 Å². The number of thiazole rings is 1. The van der Waals surface area contributed by atoms with Crippen molar-refractivity contribution in [3.8, 4) is 22.8 Å². The lowest BCUT2D eigenvalue weighted by atomic mass is 9.96. The molecule has 0 aliphatic carbocycles. The van der Waals surface area contributed by atoms with Crippen molar-refractivity contribution in [3.63, 3.8) is 0 Å². The van der Waals surface area contributed by atoms with E-state index in [1.54, 1.807) is 43.4 Å². The van der Waals surface area contributed by atoms with Gasteiger partial charge in [-0.15, -0.1) is 11.3 Å². The molecule has 1 fully saturated rings. The van der Waals surface area contributed by atoms with Crippen LogP contribution < -0.4 is 14.8 Å². The molecule has 7 nitrogen and oxygen atoms in total. The Morgan fingerprint density at radius 2 is 1.88 bits per heavy atom. The maximum atomic E-state index is 12.9. The number of benzene rings is 2. The number of aromatic nitrogens is 1. The van der Waals surface area contributed by atoms with Crippen LogP contribution in [0.15, 0.2) is 47.8 Å². The number of carbonyl (C=O) groups excluding carboxylic acids is 2. The number of rotatable bonds is 6. The minimum atomic E-state index is -0.288. The number of methoxy groups -OCH3 is 2. The van der Waals surface area contributed by atoms with E-state index < -0.39 is 0 Å². The number of nitrogens with one attached hydrogen (secondary N) is 1. The summed E-state index contributed by atoms with van der Waals surface area (Å²) in [4.78, 5) is 32.0. The second-order valence-electron chi connectivity index (χ2n) is 7.69. The number of nitrogens with zero attached hydrogens (tertiary/aromatic N) is 2. The van der Waals surface area contributed by atoms with Crippen LogP contribution >= 0.6 is 22.9 Å². The second kappa shape index (κ2) is 10.2. The van der Waals surface area contributed by atoms with Crippen molar-refractivity contribution >= 4 is 39.9 Å². The molecule has 1 aliphatic heterocycles. The zero-order valence-electron chi connectivity index (χ0n) is 18.3. The fourth-order valence-electron chi connectivity index (χ4n) is 3.82. The zero-order valence-corrected chi connectivity index (χ0v) is 19.9. The minimum absolute atomic E-state index is 0.0887.